The average Bonchev–Trinajstić information content (AvgIpc) is 2.70. The summed E-state index contributed by atoms with van der Waals surface area (Å²) in [6.07, 6.45) is 8.84. The lowest BCUT2D eigenvalue weighted by atomic mass is 9.99. The highest BCUT2D eigenvalue weighted by atomic mass is 79.9. The molecule has 3 heteroatoms. The van der Waals surface area contributed by atoms with Gasteiger partial charge in [0.1, 0.15) is 6.10 Å². The molecule has 0 unspecified atom stereocenters. The van der Waals surface area contributed by atoms with E-state index in [0.717, 1.165) is 3.39 Å². The zero-order chi connectivity index (χ0) is 10.6. The maximum absolute atomic E-state index is 5.66. The minimum absolute atomic E-state index is 0.112. The summed E-state index contributed by atoms with van der Waals surface area (Å²) in [5.74, 6) is 0. The molecular formula is C11H18Br2O. The second-order valence-corrected chi connectivity index (χ2v) is 6.89. The Bertz CT molecular complexity index is 211. The Morgan fingerprint density at radius 2 is 2.07 bits per heavy atom. The number of ether oxygens (including phenoxy) is 1. The van der Waals surface area contributed by atoms with E-state index in [4.69, 9.17) is 4.74 Å². The summed E-state index contributed by atoms with van der Waals surface area (Å²) >= 11 is 6.71. The van der Waals surface area contributed by atoms with E-state index in [2.05, 4.69) is 51.8 Å². The van der Waals surface area contributed by atoms with Crippen molar-refractivity contribution in [3.05, 3.63) is 9.47 Å². The van der Waals surface area contributed by atoms with Crippen molar-refractivity contribution in [3.63, 3.8) is 0 Å². The monoisotopic (exact) mass is 324 g/mol. The van der Waals surface area contributed by atoms with Gasteiger partial charge in [-0.05, 0) is 51.3 Å². The molecule has 2 atom stereocenters. The molecule has 82 valence electrons. The Hall–Kier alpha value is 0.660. The minimum atomic E-state index is 0.112. The van der Waals surface area contributed by atoms with E-state index in [1.807, 2.05) is 0 Å². The van der Waals surface area contributed by atoms with Crippen LogP contribution in [0.25, 0.3) is 0 Å². The predicted octanol–water partition coefficient (Wildman–Crippen LogP) is 4.75. The van der Waals surface area contributed by atoms with Crippen LogP contribution in [0, 0.1) is 0 Å². The van der Waals surface area contributed by atoms with Crippen LogP contribution in [-0.2, 0) is 4.74 Å². The SMILES string of the molecule is CCCCCC[C@]1(C)O[C@H]1C=C(Br)Br. The molecule has 0 aromatic rings. The van der Waals surface area contributed by atoms with Crippen molar-refractivity contribution in [2.24, 2.45) is 0 Å². The summed E-state index contributed by atoms with van der Waals surface area (Å²) in [5.41, 5.74) is 0.112. The van der Waals surface area contributed by atoms with E-state index in [1.165, 1.54) is 32.1 Å². The van der Waals surface area contributed by atoms with Gasteiger partial charge in [-0.25, -0.2) is 0 Å². The van der Waals surface area contributed by atoms with Gasteiger partial charge in [-0.3, -0.25) is 0 Å². The Kier molecular flexibility index (Phi) is 5.15. The number of hydrogen-bond donors (Lipinski definition) is 0. The van der Waals surface area contributed by atoms with Crippen molar-refractivity contribution in [2.75, 3.05) is 0 Å². The van der Waals surface area contributed by atoms with Crippen LogP contribution < -0.4 is 0 Å². The summed E-state index contributed by atoms with van der Waals surface area (Å²) in [6, 6.07) is 0. The van der Waals surface area contributed by atoms with E-state index >= 15 is 0 Å². The van der Waals surface area contributed by atoms with Gasteiger partial charge in [0.25, 0.3) is 0 Å². The molecule has 0 saturated carbocycles. The van der Waals surface area contributed by atoms with Gasteiger partial charge in [-0.15, -0.1) is 0 Å². The van der Waals surface area contributed by atoms with Gasteiger partial charge in [0, 0.05) is 0 Å². The number of hydrogen-bond acceptors (Lipinski definition) is 1. The third-order valence-electron chi connectivity index (χ3n) is 2.74. The van der Waals surface area contributed by atoms with Crippen molar-refractivity contribution in [1.82, 2.24) is 0 Å². The highest BCUT2D eigenvalue weighted by Gasteiger charge is 2.49. The summed E-state index contributed by atoms with van der Waals surface area (Å²) in [5, 5.41) is 0. The summed E-state index contributed by atoms with van der Waals surface area (Å²) in [6.45, 7) is 4.44. The van der Waals surface area contributed by atoms with Gasteiger partial charge in [0.2, 0.25) is 0 Å². The van der Waals surface area contributed by atoms with Crippen LogP contribution in [0.3, 0.4) is 0 Å². The molecule has 1 aliphatic heterocycles. The van der Waals surface area contributed by atoms with Crippen LogP contribution >= 0.6 is 31.9 Å². The van der Waals surface area contributed by atoms with Crippen LogP contribution in [-0.4, -0.2) is 11.7 Å². The molecule has 0 amide bonds. The second-order valence-electron chi connectivity index (χ2n) is 4.12. The van der Waals surface area contributed by atoms with Crippen molar-refractivity contribution >= 4 is 31.9 Å². The van der Waals surface area contributed by atoms with Gasteiger partial charge >= 0.3 is 0 Å². The molecule has 0 radical (unpaired) electrons. The third kappa shape index (κ3) is 4.03. The van der Waals surface area contributed by atoms with Gasteiger partial charge in [-0.1, -0.05) is 32.6 Å². The molecule has 14 heavy (non-hydrogen) atoms. The first-order valence-electron chi connectivity index (χ1n) is 5.29. The average molecular weight is 326 g/mol. The third-order valence-corrected chi connectivity index (χ3v) is 3.27. The summed E-state index contributed by atoms with van der Waals surface area (Å²) in [7, 11) is 0. The van der Waals surface area contributed by atoms with Crippen LogP contribution in [0.1, 0.15) is 46.0 Å². The quantitative estimate of drug-likeness (QED) is 0.507. The second kappa shape index (κ2) is 5.66. The molecule has 1 fully saturated rings. The number of epoxide rings is 1. The summed E-state index contributed by atoms with van der Waals surface area (Å²) in [4.78, 5) is 0. The lowest BCUT2D eigenvalue weighted by Gasteiger charge is -2.04. The Labute approximate surface area is 104 Å². The zero-order valence-electron chi connectivity index (χ0n) is 8.85. The molecule has 1 heterocycles. The van der Waals surface area contributed by atoms with Crippen molar-refractivity contribution in [3.8, 4) is 0 Å². The molecule has 0 aliphatic carbocycles. The Balaban J connectivity index is 2.17. The van der Waals surface area contributed by atoms with Gasteiger partial charge < -0.3 is 4.74 Å². The minimum Gasteiger partial charge on any atom is -0.362 e. The fourth-order valence-corrected chi connectivity index (χ4v) is 2.16. The van der Waals surface area contributed by atoms with E-state index in [0.29, 0.717) is 6.10 Å². The summed E-state index contributed by atoms with van der Waals surface area (Å²) < 4.78 is 6.65. The van der Waals surface area contributed by atoms with Crippen LogP contribution in [0.2, 0.25) is 0 Å². The molecule has 1 saturated heterocycles. The topological polar surface area (TPSA) is 12.5 Å². The molecule has 0 spiro atoms. The highest BCUT2D eigenvalue weighted by Crippen LogP contribution is 2.43. The van der Waals surface area contributed by atoms with Crippen LogP contribution in [0.5, 0.6) is 0 Å². The largest absolute Gasteiger partial charge is 0.362 e. The number of rotatable bonds is 6. The maximum atomic E-state index is 5.66. The lowest BCUT2D eigenvalue weighted by Crippen LogP contribution is -2.08. The molecule has 1 aliphatic rings. The number of unbranched alkanes of at least 4 members (excludes halogenated alkanes) is 3. The van der Waals surface area contributed by atoms with E-state index in [1.54, 1.807) is 0 Å². The fourth-order valence-electron chi connectivity index (χ4n) is 1.68. The Morgan fingerprint density at radius 1 is 1.36 bits per heavy atom. The van der Waals surface area contributed by atoms with E-state index < -0.39 is 0 Å². The smallest absolute Gasteiger partial charge is 0.107 e. The van der Waals surface area contributed by atoms with Gasteiger partial charge in [0.05, 0.1) is 8.99 Å². The molecule has 0 aromatic heterocycles. The van der Waals surface area contributed by atoms with Crippen LogP contribution in [0.4, 0.5) is 0 Å². The first kappa shape index (κ1) is 12.7. The molecule has 1 rings (SSSR count). The van der Waals surface area contributed by atoms with Crippen molar-refractivity contribution < 1.29 is 4.74 Å². The lowest BCUT2D eigenvalue weighted by molar-refractivity contribution is 0.296. The number of halogens is 2. The van der Waals surface area contributed by atoms with Crippen molar-refractivity contribution in [2.45, 2.75) is 57.7 Å². The van der Waals surface area contributed by atoms with Crippen molar-refractivity contribution in [1.29, 1.82) is 0 Å². The van der Waals surface area contributed by atoms with E-state index in [9.17, 15) is 0 Å². The maximum Gasteiger partial charge on any atom is 0.107 e. The molecule has 0 N–H and O–H groups in total. The van der Waals surface area contributed by atoms with E-state index in [-0.39, 0.29) is 5.60 Å². The normalized spacial score (nSPS) is 30.1. The van der Waals surface area contributed by atoms with Gasteiger partial charge in [-0.2, -0.15) is 0 Å². The fraction of sp³-hybridized carbons (Fsp3) is 0.818. The van der Waals surface area contributed by atoms with Gasteiger partial charge in [0.15, 0.2) is 0 Å². The predicted molar refractivity (Wildman–Crippen MR) is 68.0 cm³/mol. The molecule has 0 bridgehead atoms. The standard InChI is InChI=1S/C11H18Br2O/c1-3-4-5-6-7-11(2)9(14-11)8-10(12)13/h8-9H,3-7H2,1-2H3/t9-,11-/m0/s1. The Morgan fingerprint density at radius 3 is 2.64 bits per heavy atom. The molecule has 1 nitrogen and oxygen atoms in total. The first-order chi connectivity index (χ1) is 6.58. The highest BCUT2D eigenvalue weighted by molar-refractivity contribution is 9.28. The zero-order valence-corrected chi connectivity index (χ0v) is 12.0. The molecular weight excluding hydrogens is 308 g/mol. The molecule has 0 aromatic carbocycles. The first-order valence-corrected chi connectivity index (χ1v) is 6.88. The van der Waals surface area contributed by atoms with Crippen LogP contribution in [0.15, 0.2) is 9.47 Å².